The molecular formula is C24H20F3N3O3S. The highest BCUT2D eigenvalue weighted by molar-refractivity contribution is 7.91. The summed E-state index contributed by atoms with van der Waals surface area (Å²) in [4.78, 5) is 13.9. The Kier molecular flexibility index (Phi) is 8.04. The first-order valence-electron chi connectivity index (χ1n) is 10.0. The highest BCUT2D eigenvalue weighted by Gasteiger charge is 2.26. The third-order valence-corrected chi connectivity index (χ3v) is 6.25. The van der Waals surface area contributed by atoms with Gasteiger partial charge in [-0.3, -0.25) is 9.69 Å². The molecule has 0 fully saturated rings. The second-order valence-corrected chi connectivity index (χ2v) is 9.38. The van der Waals surface area contributed by atoms with Crippen molar-refractivity contribution >= 4 is 21.4 Å². The number of nitriles is 1. The molecule has 0 atom stereocenters. The van der Waals surface area contributed by atoms with E-state index in [0.717, 1.165) is 17.7 Å². The Morgan fingerprint density at radius 2 is 1.62 bits per heavy atom. The Morgan fingerprint density at radius 3 is 2.21 bits per heavy atom. The zero-order valence-corrected chi connectivity index (χ0v) is 18.6. The topological polar surface area (TPSA) is 90.3 Å². The van der Waals surface area contributed by atoms with E-state index >= 15 is 0 Å². The number of anilines is 1. The van der Waals surface area contributed by atoms with Gasteiger partial charge in [0.2, 0.25) is 15.7 Å². The predicted molar refractivity (Wildman–Crippen MR) is 120 cm³/mol. The number of carbonyl (C=O) groups is 1. The van der Waals surface area contributed by atoms with E-state index in [2.05, 4.69) is 5.32 Å². The van der Waals surface area contributed by atoms with Crippen LogP contribution in [0.2, 0.25) is 0 Å². The maximum atomic E-state index is 13.6. The number of rotatable bonds is 9. The van der Waals surface area contributed by atoms with E-state index in [9.17, 15) is 26.4 Å². The van der Waals surface area contributed by atoms with Crippen LogP contribution in [0.4, 0.5) is 18.9 Å². The fraction of sp³-hybridized carbons (Fsp3) is 0.167. The number of nitrogens with zero attached hydrogens (tertiary/aromatic N) is 2. The number of amides is 1. The van der Waals surface area contributed by atoms with Crippen molar-refractivity contribution in [2.75, 3.05) is 11.9 Å². The number of sulfone groups is 1. The number of nitrogens with one attached hydrogen (secondary N) is 1. The van der Waals surface area contributed by atoms with E-state index in [1.165, 1.54) is 24.3 Å². The van der Waals surface area contributed by atoms with E-state index in [1.54, 1.807) is 41.3 Å². The number of benzene rings is 3. The SMILES string of the molecule is N#Cc1ccc(CN(CC(=O)Nc2ccc(S(=O)(=O)C(F)F)cc2)Cc2cccc(F)c2)cc1. The number of halogens is 3. The molecule has 0 saturated heterocycles. The minimum Gasteiger partial charge on any atom is -0.325 e. The van der Waals surface area contributed by atoms with Crippen LogP contribution in [0.1, 0.15) is 16.7 Å². The van der Waals surface area contributed by atoms with Crippen LogP contribution in [0, 0.1) is 17.1 Å². The maximum Gasteiger partial charge on any atom is 0.341 e. The molecule has 0 aromatic heterocycles. The Hall–Kier alpha value is -3.68. The van der Waals surface area contributed by atoms with Gasteiger partial charge < -0.3 is 5.32 Å². The van der Waals surface area contributed by atoms with Crippen molar-refractivity contribution in [1.82, 2.24) is 4.90 Å². The predicted octanol–water partition coefficient (Wildman–Crippen LogP) is 4.33. The van der Waals surface area contributed by atoms with Crippen molar-refractivity contribution in [2.24, 2.45) is 0 Å². The lowest BCUT2D eigenvalue weighted by atomic mass is 10.1. The zero-order valence-electron chi connectivity index (χ0n) is 17.8. The van der Waals surface area contributed by atoms with Gasteiger partial charge in [0, 0.05) is 18.8 Å². The van der Waals surface area contributed by atoms with E-state index in [1.807, 2.05) is 6.07 Å². The third kappa shape index (κ3) is 6.66. The lowest BCUT2D eigenvalue weighted by Crippen LogP contribution is -2.32. The second-order valence-electron chi connectivity index (χ2n) is 7.46. The number of carbonyl (C=O) groups excluding carboxylic acids is 1. The number of alkyl halides is 2. The second kappa shape index (κ2) is 11.0. The molecule has 3 aromatic rings. The summed E-state index contributed by atoms with van der Waals surface area (Å²) in [7, 11) is -4.72. The molecule has 0 spiro atoms. The molecule has 1 amide bonds. The molecule has 3 rings (SSSR count). The van der Waals surface area contributed by atoms with Crippen LogP contribution in [-0.4, -0.2) is 31.5 Å². The average Bonchev–Trinajstić information content (AvgIpc) is 2.79. The summed E-state index contributed by atoms with van der Waals surface area (Å²) in [5.41, 5.74) is 2.23. The lowest BCUT2D eigenvalue weighted by Gasteiger charge is -2.22. The molecule has 0 aliphatic heterocycles. The van der Waals surface area contributed by atoms with E-state index in [4.69, 9.17) is 5.26 Å². The largest absolute Gasteiger partial charge is 0.341 e. The summed E-state index contributed by atoms with van der Waals surface area (Å²) in [6, 6.07) is 19.3. The first-order chi connectivity index (χ1) is 16.2. The van der Waals surface area contributed by atoms with Crippen LogP contribution in [0.25, 0.3) is 0 Å². The van der Waals surface area contributed by atoms with Gasteiger partial charge in [0.25, 0.3) is 0 Å². The van der Waals surface area contributed by atoms with Crippen molar-refractivity contribution in [3.05, 3.63) is 95.3 Å². The summed E-state index contributed by atoms with van der Waals surface area (Å²) in [5.74, 6) is -4.37. The summed E-state index contributed by atoms with van der Waals surface area (Å²) >= 11 is 0. The molecule has 6 nitrogen and oxygen atoms in total. The third-order valence-electron chi connectivity index (χ3n) is 4.85. The first-order valence-corrected chi connectivity index (χ1v) is 11.6. The Balaban J connectivity index is 1.72. The molecule has 1 N–H and O–H groups in total. The number of hydrogen-bond acceptors (Lipinski definition) is 5. The molecule has 0 bridgehead atoms. The van der Waals surface area contributed by atoms with Crippen molar-refractivity contribution in [3.63, 3.8) is 0 Å². The van der Waals surface area contributed by atoms with Gasteiger partial charge in [-0.2, -0.15) is 14.0 Å². The summed E-state index contributed by atoms with van der Waals surface area (Å²) in [6.45, 7) is 0.506. The fourth-order valence-corrected chi connectivity index (χ4v) is 3.96. The van der Waals surface area contributed by atoms with Crippen LogP contribution in [0.5, 0.6) is 0 Å². The van der Waals surface area contributed by atoms with Crippen molar-refractivity contribution in [1.29, 1.82) is 5.26 Å². The molecule has 0 saturated carbocycles. The van der Waals surface area contributed by atoms with Gasteiger partial charge in [0.05, 0.1) is 23.1 Å². The number of hydrogen-bond donors (Lipinski definition) is 1. The summed E-state index contributed by atoms with van der Waals surface area (Å²) in [5, 5.41) is 11.6. The van der Waals surface area contributed by atoms with Crippen molar-refractivity contribution in [2.45, 2.75) is 23.7 Å². The molecule has 0 aliphatic carbocycles. The Morgan fingerprint density at radius 1 is 0.971 bits per heavy atom. The molecular weight excluding hydrogens is 467 g/mol. The van der Waals surface area contributed by atoms with Gasteiger partial charge in [-0.05, 0) is 59.7 Å². The average molecular weight is 488 g/mol. The molecule has 0 unspecified atom stereocenters. The van der Waals surface area contributed by atoms with E-state index < -0.39 is 32.2 Å². The minimum absolute atomic E-state index is 0.0897. The van der Waals surface area contributed by atoms with Crippen LogP contribution in [0.3, 0.4) is 0 Å². The van der Waals surface area contributed by atoms with Crippen LogP contribution < -0.4 is 5.32 Å². The molecule has 0 radical (unpaired) electrons. The highest BCUT2D eigenvalue weighted by atomic mass is 32.2. The molecule has 10 heteroatoms. The van der Waals surface area contributed by atoms with Crippen LogP contribution in [0.15, 0.2) is 77.7 Å². The Labute approximate surface area is 195 Å². The first kappa shape index (κ1) is 25.0. The van der Waals surface area contributed by atoms with Crippen molar-refractivity contribution < 1.29 is 26.4 Å². The molecule has 176 valence electrons. The zero-order chi connectivity index (χ0) is 24.7. The van der Waals surface area contributed by atoms with Gasteiger partial charge >= 0.3 is 5.76 Å². The van der Waals surface area contributed by atoms with Gasteiger partial charge in [0.15, 0.2) is 0 Å². The molecule has 0 aliphatic rings. The molecule has 3 aromatic carbocycles. The molecule has 34 heavy (non-hydrogen) atoms. The lowest BCUT2D eigenvalue weighted by molar-refractivity contribution is -0.117. The normalized spacial score (nSPS) is 11.4. The molecule has 0 heterocycles. The van der Waals surface area contributed by atoms with Gasteiger partial charge in [-0.15, -0.1) is 0 Å². The summed E-state index contributed by atoms with van der Waals surface area (Å²) in [6.07, 6.45) is 0. The van der Waals surface area contributed by atoms with E-state index in [0.29, 0.717) is 17.7 Å². The van der Waals surface area contributed by atoms with Gasteiger partial charge in [-0.1, -0.05) is 24.3 Å². The fourth-order valence-electron chi connectivity index (χ4n) is 3.24. The highest BCUT2D eigenvalue weighted by Crippen LogP contribution is 2.20. The van der Waals surface area contributed by atoms with Crippen LogP contribution in [-0.2, 0) is 27.7 Å². The Bertz CT molecular complexity index is 1290. The minimum atomic E-state index is -4.72. The van der Waals surface area contributed by atoms with Crippen molar-refractivity contribution in [3.8, 4) is 6.07 Å². The van der Waals surface area contributed by atoms with Crippen LogP contribution >= 0.6 is 0 Å². The van der Waals surface area contributed by atoms with Gasteiger partial charge in [-0.25, -0.2) is 12.8 Å². The van der Waals surface area contributed by atoms with E-state index in [-0.39, 0.29) is 18.8 Å². The smallest absolute Gasteiger partial charge is 0.325 e. The quantitative estimate of drug-likeness (QED) is 0.485. The maximum absolute atomic E-state index is 13.6. The van der Waals surface area contributed by atoms with Gasteiger partial charge in [0.1, 0.15) is 5.82 Å². The summed E-state index contributed by atoms with van der Waals surface area (Å²) < 4.78 is 62.0. The monoisotopic (exact) mass is 487 g/mol. The standard InChI is InChI=1S/C24H20F3N3O3S/c25-20-3-1-2-19(12-20)15-30(14-18-6-4-17(13-28)5-7-18)16-23(31)29-21-8-10-22(11-9-21)34(32,33)24(26)27/h1-12,24H,14-16H2,(H,29,31).